The van der Waals surface area contributed by atoms with Crippen LogP contribution in [0.4, 0.5) is 0 Å². The van der Waals surface area contributed by atoms with E-state index in [-0.39, 0.29) is 31.1 Å². The molecule has 0 fully saturated rings. The van der Waals surface area contributed by atoms with Gasteiger partial charge in [-0.05, 0) is 19.3 Å². The summed E-state index contributed by atoms with van der Waals surface area (Å²) < 4.78 is 16.8. The quantitative estimate of drug-likeness (QED) is 0.0345. The van der Waals surface area contributed by atoms with E-state index < -0.39 is 6.10 Å². The standard InChI is InChI=1S/C53H102O6/c1-4-7-10-13-16-18-20-22-24-26-27-29-31-33-35-38-41-44-47-53(56)59-50(48-57-51(54)45-42-39-36-15-12-9-6-3)49-58-52(55)46-43-40-37-34-32-30-28-25-23-21-19-17-14-11-8-5-2/h50H,4-49H2,1-3H3/t50-/m1/s1. The Labute approximate surface area is 368 Å². The van der Waals surface area contributed by atoms with Gasteiger partial charge in [-0.2, -0.15) is 0 Å². The van der Waals surface area contributed by atoms with E-state index in [1.54, 1.807) is 0 Å². The molecule has 0 aromatic carbocycles. The lowest BCUT2D eigenvalue weighted by Gasteiger charge is -2.18. The molecule has 6 heteroatoms. The van der Waals surface area contributed by atoms with Crippen LogP contribution in [0.1, 0.15) is 303 Å². The molecule has 0 aliphatic rings. The minimum absolute atomic E-state index is 0.0622. The zero-order chi connectivity index (χ0) is 43.0. The van der Waals surface area contributed by atoms with Gasteiger partial charge in [-0.15, -0.1) is 0 Å². The average molecular weight is 835 g/mol. The summed E-state index contributed by atoms with van der Waals surface area (Å²) in [6.07, 6.45) is 52.5. The fourth-order valence-electron chi connectivity index (χ4n) is 8.09. The molecule has 1 atom stereocenters. The predicted molar refractivity (Wildman–Crippen MR) is 252 cm³/mol. The van der Waals surface area contributed by atoms with Gasteiger partial charge in [0.15, 0.2) is 6.10 Å². The molecular weight excluding hydrogens is 733 g/mol. The van der Waals surface area contributed by atoms with Gasteiger partial charge in [0, 0.05) is 19.3 Å². The van der Waals surface area contributed by atoms with Crippen molar-refractivity contribution in [2.45, 2.75) is 309 Å². The second-order valence-corrected chi connectivity index (χ2v) is 18.2. The van der Waals surface area contributed by atoms with E-state index in [0.29, 0.717) is 19.3 Å². The molecule has 59 heavy (non-hydrogen) atoms. The first-order valence-corrected chi connectivity index (χ1v) is 26.5. The molecule has 350 valence electrons. The topological polar surface area (TPSA) is 78.9 Å². The van der Waals surface area contributed by atoms with Crippen LogP contribution in [-0.4, -0.2) is 37.2 Å². The number of hydrogen-bond donors (Lipinski definition) is 0. The smallest absolute Gasteiger partial charge is 0.306 e. The van der Waals surface area contributed by atoms with Gasteiger partial charge < -0.3 is 14.2 Å². The molecule has 0 saturated carbocycles. The van der Waals surface area contributed by atoms with Crippen molar-refractivity contribution in [1.29, 1.82) is 0 Å². The molecule has 0 amide bonds. The Morgan fingerprint density at radius 1 is 0.271 bits per heavy atom. The van der Waals surface area contributed by atoms with Gasteiger partial charge in [-0.25, -0.2) is 0 Å². The predicted octanol–water partition coefficient (Wildman–Crippen LogP) is 17.2. The summed E-state index contributed by atoms with van der Waals surface area (Å²) in [4.78, 5) is 37.8. The zero-order valence-corrected chi connectivity index (χ0v) is 40.1. The minimum atomic E-state index is -0.759. The van der Waals surface area contributed by atoms with E-state index in [2.05, 4.69) is 20.8 Å². The second kappa shape index (κ2) is 49.1. The number of ether oxygens (including phenoxy) is 3. The van der Waals surface area contributed by atoms with E-state index >= 15 is 0 Å². The van der Waals surface area contributed by atoms with Crippen LogP contribution in [0.5, 0.6) is 0 Å². The Balaban J connectivity index is 4.17. The van der Waals surface area contributed by atoms with Gasteiger partial charge in [0.2, 0.25) is 0 Å². The van der Waals surface area contributed by atoms with Crippen molar-refractivity contribution in [1.82, 2.24) is 0 Å². The van der Waals surface area contributed by atoms with Crippen LogP contribution in [-0.2, 0) is 28.6 Å². The van der Waals surface area contributed by atoms with E-state index in [1.807, 2.05) is 0 Å². The number of rotatable bonds is 49. The number of hydrogen-bond acceptors (Lipinski definition) is 6. The highest BCUT2D eigenvalue weighted by Gasteiger charge is 2.19. The van der Waals surface area contributed by atoms with E-state index in [1.165, 1.54) is 205 Å². The molecular formula is C53H102O6. The average Bonchev–Trinajstić information content (AvgIpc) is 3.23. The van der Waals surface area contributed by atoms with Crippen molar-refractivity contribution >= 4 is 17.9 Å². The molecule has 0 N–H and O–H groups in total. The van der Waals surface area contributed by atoms with Gasteiger partial charge in [-0.1, -0.05) is 265 Å². The van der Waals surface area contributed by atoms with Crippen LogP contribution in [0.25, 0.3) is 0 Å². The summed E-state index contributed by atoms with van der Waals surface area (Å²) in [6, 6.07) is 0. The molecule has 0 bridgehead atoms. The fraction of sp³-hybridized carbons (Fsp3) is 0.943. The first-order chi connectivity index (χ1) is 29.0. The number of unbranched alkanes of at least 4 members (excludes halogenated alkanes) is 38. The van der Waals surface area contributed by atoms with Crippen molar-refractivity contribution in [3.8, 4) is 0 Å². The Hall–Kier alpha value is -1.59. The highest BCUT2D eigenvalue weighted by atomic mass is 16.6. The summed E-state index contributed by atoms with van der Waals surface area (Å²) in [6.45, 7) is 6.65. The summed E-state index contributed by atoms with van der Waals surface area (Å²) in [5.74, 6) is -0.847. The number of carbonyl (C=O) groups is 3. The van der Waals surface area contributed by atoms with Gasteiger partial charge in [0.25, 0.3) is 0 Å². The maximum Gasteiger partial charge on any atom is 0.306 e. The van der Waals surface area contributed by atoms with Crippen LogP contribution in [0.15, 0.2) is 0 Å². The lowest BCUT2D eigenvalue weighted by atomic mass is 10.0. The van der Waals surface area contributed by atoms with Gasteiger partial charge in [0.05, 0.1) is 0 Å². The summed E-state index contributed by atoms with van der Waals surface area (Å²) in [5, 5.41) is 0. The van der Waals surface area contributed by atoms with E-state index in [0.717, 1.165) is 57.8 Å². The molecule has 6 nitrogen and oxygen atoms in total. The normalized spacial score (nSPS) is 11.8. The molecule has 0 aromatic heterocycles. The fourth-order valence-corrected chi connectivity index (χ4v) is 8.09. The largest absolute Gasteiger partial charge is 0.462 e. The van der Waals surface area contributed by atoms with Crippen LogP contribution in [0.2, 0.25) is 0 Å². The molecule has 0 aliphatic carbocycles. The van der Waals surface area contributed by atoms with Crippen LogP contribution in [0, 0.1) is 0 Å². The number of carbonyl (C=O) groups excluding carboxylic acids is 3. The lowest BCUT2D eigenvalue weighted by Crippen LogP contribution is -2.30. The van der Waals surface area contributed by atoms with Gasteiger partial charge in [0.1, 0.15) is 13.2 Å². The van der Waals surface area contributed by atoms with Crippen LogP contribution in [0.3, 0.4) is 0 Å². The third-order valence-electron chi connectivity index (χ3n) is 12.1. The molecule has 0 rings (SSSR count). The maximum atomic E-state index is 12.8. The zero-order valence-electron chi connectivity index (χ0n) is 40.1. The number of esters is 3. The third-order valence-corrected chi connectivity index (χ3v) is 12.1. The molecule has 0 saturated heterocycles. The first kappa shape index (κ1) is 57.4. The minimum Gasteiger partial charge on any atom is -0.462 e. The highest BCUT2D eigenvalue weighted by Crippen LogP contribution is 2.17. The van der Waals surface area contributed by atoms with E-state index in [9.17, 15) is 14.4 Å². The van der Waals surface area contributed by atoms with Crippen LogP contribution >= 0.6 is 0 Å². The molecule has 0 aromatic rings. The van der Waals surface area contributed by atoms with E-state index in [4.69, 9.17) is 14.2 Å². The second-order valence-electron chi connectivity index (χ2n) is 18.2. The summed E-state index contributed by atoms with van der Waals surface area (Å²) in [7, 11) is 0. The molecule has 0 aliphatic heterocycles. The Kier molecular flexibility index (Phi) is 47.7. The van der Waals surface area contributed by atoms with Gasteiger partial charge in [-0.3, -0.25) is 14.4 Å². The first-order valence-electron chi connectivity index (χ1n) is 26.5. The van der Waals surface area contributed by atoms with Crippen molar-refractivity contribution in [3.05, 3.63) is 0 Å². The van der Waals surface area contributed by atoms with Crippen molar-refractivity contribution in [2.24, 2.45) is 0 Å². The molecule has 0 spiro atoms. The highest BCUT2D eigenvalue weighted by molar-refractivity contribution is 5.71. The summed E-state index contributed by atoms with van der Waals surface area (Å²) >= 11 is 0. The Bertz CT molecular complexity index is 874. The maximum absolute atomic E-state index is 12.8. The summed E-state index contributed by atoms with van der Waals surface area (Å²) in [5.41, 5.74) is 0. The monoisotopic (exact) mass is 835 g/mol. The molecule has 0 heterocycles. The molecule has 0 unspecified atom stereocenters. The van der Waals surface area contributed by atoms with Crippen molar-refractivity contribution in [2.75, 3.05) is 13.2 Å². The van der Waals surface area contributed by atoms with Gasteiger partial charge >= 0.3 is 17.9 Å². The lowest BCUT2D eigenvalue weighted by molar-refractivity contribution is -0.167. The molecule has 0 radical (unpaired) electrons. The third kappa shape index (κ3) is 47.3. The van der Waals surface area contributed by atoms with Crippen molar-refractivity contribution < 1.29 is 28.6 Å². The van der Waals surface area contributed by atoms with Crippen molar-refractivity contribution in [3.63, 3.8) is 0 Å². The SMILES string of the molecule is CCCCCCCCCCCCCCCCCCCCC(=O)O[C@H](COC(=O)CCCCCCCCC)COC(=O)CCCCCCCCCCCCCCCCCC. The Morgan fingerprint density at radius 2 is 0.458 bits per heavy atom. The Morgan fingerprint density at radius 3 is 0.678 bits per heavy atom. The van der Waals surface area contributed by atoms with Crippen LogP contribution < -0.4 is 0 Å².